The predicted molar refractivity (Wildman–Crippen MR) is 102 cm³/mol. The molecule has 0 N–H and O–H groups in total. The van der Waals surface area contributed by atoms with Crippen molar-refractivity contribution in [2.75, 3.05) is 0 Å². The number of carbonyl (C=O) groups is 1. The maximum Gasteiger partial charge on any atom is 0.266 e. The van der Waals surface area contributed by atoms with Gasteiger partial charge in [-0.15, -0.1) is 11.3 Å². The van der Waals surface area contributed by atoms with Gasteiger partial charge in [-0.1, -0.05) is 60.2 Å². The first-order chi connectivity index (χ1) is 12.2. The van der Waals surface area contributed by atoms with Gasteiger partial charge in [-0.3, -0.25) is 4.79 Å². The van der Waals surface area contributed by atoms with Gasteiger partial charge in [0.05, 0.1) is 6.20 Å². The maximum absolute atomic E-state index is 13.0. The first-order valence-electron chi connectivity index (χ1n) is 8.58. The third-order valence-corrected chi connectivity index (χ3v) is 5.49. The molecule has 1 heterocycles. The summed E-state index contributed by atoms with van der Waals surface area (Å²) in [5.41, 5.74) is 3.48. The van der Waals surface area contributed by atoms with Gasteiger partial charge in [-0.2, -0.15) is 0 Å². The second-order valence-electron chi connectivity index (χ2n) is 6.55. The highest BCUT2D eigenvalue weighted by Crippen LogP contribution is 2.32. The summed E-state index contributed by atoms with van der Waals surface area (Å²) in [5.74, 6) is 0.0998. The lowest BCUT2D eigenvalue weighted by Gasteiger charge is -2.21. The molecule has 0 spiro atoms. The molecular weight excluding hydrogens is 328 g/mol. The Hall–Kier alpha value is -2.46. The van der Waals surface area contributed by atoms with E-state index in [4.69, 9.17) is 0 Å². The van der Waals surface area contributed by atoms with Crippen molar-refractivity contribution in [1.82, 2.24) is 9.88 Å². The molecule has 3 nitrogen and oxygen atoms in total. The quantitative estimate of drug-likeness (QED) is 0.655. The van der Waals surface area contributed by atoms with Crippen molar-refractivity contribution in [3.8, 4) is 10.6 Å². The van der Waals surface area contributed by atoms with E-state index in [1.807, 2.05) is 35.2 Å². The van der Waals surface area contributed by atoms with Gasteiger partial charge in [0.15, 0.2) is 0 Å². The molecule has 1 aliphatic rings. The third-order valence-electron chi connectivity index (χ3n) is 4.46. The van der Waals surface area contributed by atoms with Crippen molar-refractivity contribution >= 4 is 17.2 Å². The number of aromatic nitrogens is 1. The Balaban J connectivity index is 1.55. The van der Waals surface area contributed by atoms with E-state index < -0.39 is 0 Å². The van der Waals surface area contributed by atoms with Crippen LogP contribution in [0.3, 0.4) is 0 Å². The fourth-order valence-corrected chi connectivity index (χ4v) is 3.75. The molecule has 4 heteroatoms. The van der Waals surface area contributed by atoms with Crippen LogP contribution in [0.1, 0.15) is 33.6 Å². The Labute approximate surface area is 152 Å². The van der Waals surface area contributed by atoms with Crippen molar-refractivity contribution in [2.24, 2.45) is 0 Å². The largest absolute Gasteiger partial charge is 0.331 e. The van der Waals surface area contributed by atoms with Gasteiger partial charge in [-0.05, 0) is 25.3 Å². The molecule has 1 aliphatic carbocycles. The minimum absolute atomic E-state index is 0.0998. The van der Waals surface area contributed by atoms with Crippen molar-refractivity contribution in [3.05, 3.63) is 76.8 Å². The highest BCUT2D eigenvalue weighted by atomic mass is 32.1. The van der Waals surface area contributed by atoms with E-state index in [2.05, 4.69) is 36.2 Å². The molecule has 126 valence electrons. The molecule has 4 rings (SSSR count). The van der Waals surface area contributed by atoms with E-state index in [1.54, 1.807) is 6.20 Å². The number of benzene rings is 2. The van der Waals surface area contributed by atoms with Crippen molar-refractivity contribution in [2.45, 2.75) is 32.4 Å². The minimum atomic E-state index is 0.0998. The van der Waals surface area contributed by atoms with Crippen LogP contribution < -0.4 is 0 Å². The first-order valence-corrected chi connectivity index (χ1v) is 9.40. The van der Waals surface area contributed by atoms with E-state index in [0.717, 1.165) is 28.3 Å². The summed E-state index contributed by atoms with van der Waals surface area (Å²) in [4.78, 5) is 20.2. The number of rotatable bonds is 5. The van der Waals surface area contributed by atoms with Crippen molar-refractivity contribution < 1.29 is 4.79 Å². The molecule has 0 radical (unpaired) electrons. The van der Waals surface area contributed by atoms with E-state index in [9.17, 15) is 4.79 Å². The summed E-state index contributed by atoms with van der Waals surface area (Å²) in [7, 11) is 0. The number of carbonyl (C=O) groups excluding carboxylic acids is 1. The van der Waals surface area contributed by atoms with Crippen LogP contribution >= 0.6 is 11.3 Å². The third kappa shape index (κ3) is 3.64. The van der Waals surface area contributed by atoms with Crippen LogP contribution in [0, 0.1) is 6.92 Å². The normalized spacial score (nSPS) is 13.6. The van der Waals surface area contributed by atoms with Gasteiger partial charge in [-0.25, -0.2) is 4.98 Å². The molecule has 0 bridgehead atoms. The zero-order chi connectivity index (χ0) is 17.2. The molecule has 1 amide bonds. The monoisotopic (exact) mass is 348 g/mol. The topological polar surface area (TPSA) is 33.2 Å². The molecular formula is C21H20N2OS. The molecule has 3 aromatic rings. The van der Waals surface area contributed by atoms with Gasteiger partial charge < -0.3 is 4.90 Å². The van der Waals surface area contributed by atoms with Crippen LogP contribution in [0.25, 0.3) is 10.6 Å². The van der Waals surface area contributed by atoms with Crippen LogP contribution in [-0.2, 0) is 6.54 Å². The van der Waals surface area contributed by atoms with Crippen LogP contribution in [0.4, 0.5) is 0 Å². The number of hydrogen-bond donors (Lipinski definition) is 0. The van der Waals surface area contributed by atoms with Gasteiger partial charge in [0.25, 0.3) is 5.91 Å². The van der Waals surface area contributed by atoms with Crippen LogP contribution in [-0.4, -0.2) is 21.8 Å². The highest BCUT2D eigenvalue weighted by Gasteiger charge is 2.33. The predicted octanol–water partition coefficient (Wildman–Crippen LogP) is 4.92. The molecule has 2 aromatic carbocycles. The Kier molecular flexibility index (Phi) is 4.36. The van der Waals surface area contributed by atoms with Crippen molar-refractivity contribution in [3.63, 3.8) is 0 Å². The second kappa shape index (κ2) is 6.81. The maximum atomic E-state index is 13.0. The van der Waals surface area contributed by atoms with Crippen molar-refractivity contribution in [1.29, 1.82) is 0 Å². The number of nitrogens with zero attached hydrogens (tertiary/aromatic N) is 2. The van der Waals surface area contributed by atoms with E-state index >= 15 is 0 Å². The summed E-state index contributed by atoms with van der Waals surface area (Å²) < 4.78 is 0. The lowest BCUT2D eigenvalue weighted by molar-refractivity contribution is 0.0734. The Morgan fingerprint density at radius 1 is 1.12 bits per heavy atom. The number of thiazole rings is 1. The average Bonchev–Trinajstić information content (AvgIpc) is 3.37. The molecule has 0 saturated heterocycles. The Morgan fingerprint density at radius 2 is 1.84 bits per heavy atom. The van der Waals surface area contributed by atoms with Gasteiger partial charge in [0.1, 0.15) is 9.88 Å². The molecule has 0 unspecified atom stereocenters. The summed E-state index contributed by atoms with van der Waals surface area (Å²) in [5, 5.41) is 0.898. The molecule has 25 heavy (non-hydrogen) atoms. The van der Waals surface area contributed by atoms with Gasteiger partial charge >= 0.3 is 0 Å². The molecule has 1 saturated carbocycles. The SMILES string of the molecule is Cc1ccc(CN(C(=O)c2cnc(-c3ccccc3)s2)C2CC2)cc1. The molecule has 1 fully saturated rings. The smallest absolute Gasteiger partial charge is 0.266 e. The number of aryl methyl sites for hydroxylation is 1. The highest BCUT2D eigenvalue weighted by molar-refractivity contribution is 7.16. The van der Waals surface area contributed by atoms with Crippen LogP contribution in [0.5, 0.6) is 0 Å². The number of hydrogen-bond acceptors (Lipinski definition) is 3. The molecule has 0 atom stereocenters. The van der Waals surface area contributed by atoms with E-state index in [-0.39, 0.29) is 5.91 Å². The van der Waals surface area contributed by atoms with Crippen LogP contribution in [0.15, 0.2) is 60.8 Å². The first kappa shape index (κ1) is 16.0. The standard InChI is InChI=1S/C21H20N2OS/c1-15-7-9-16(10-8-15)14-23(18-11-12-18)21(24)19-13-22-20(25-19)17-5-3-2-4-6-17/h2-10,13,18H,11-12,14H2,1H3. The summed E-state index contributed by atoms with van der Waals surface area (Å²) in [6, 6.07) is 18.8. The van der Waals surface area contributed by atoms with Crippen LogP contribution in [0.2, 0.25) is 0 Å². The Bertz CT molecular complexity index is 866. The molecule has 1 aromatic heterocycles. The summed E-state index contributed by atoms with van der Waals surface area (Å²) in [6.07, 6.45) is 3.92. The minimum Gasteiger partial charge on any atom is -0.331 e. The van der Waals surface area contributed by atoms with Gasteiger partial charge in [0, 0.05) is 18.2 Å². The zero-order valence-corrected chi connectivity index (χ0v) is 15.0. The lowest BCUT2D eigenvalue weighted by atomic mass is 10.1. The molecule has 0 aliphatic heterocycles. The van der Waals surface area contributed by atoms with E-state index in [1.165, 1.54) is 22.5 Å². The summed E-state index contributed by atoms with van der Waals surface area (Å²) in [6.45, 7) is 2.75. The fraction of sp³-hybridized carbons (Fsp3) is 0.238. The van der Waals surface area contributed by atoms with E-state index in [0.29, 0.717) is 12.6 Å². The fourth-order valence-electron chi connectivity index (χ4n) is 2.87. The number of amides is 1. The second-order valence-corrected chi connectivity index (χ2v) is 7.58. The lowest BCUT2D eigenvalue weighted by Crippen LogP contribution is -2.32. The Morgan fingerprint density at radius 3 is 2.52 bits per heavy atom. The summed E-state index contributed by atoms with van der Waals surface area (Å²) >= 11 is 1.48. The zero-order valence-electron chi connectivity index (χ0n) is 14.2. The average molecular weight is 348 g/mol. The van der Waals surface area contributed by atoms with Gasteiger partial charge in [0.2, 0.25) is 0 Å².